The molecular weight excluding hydrogens is 516 g/mol. The van der Waals surface area contributed by atoms with Gasteiger partial charge < -0.3 is 29.9 Å². The van der Waals surface area contributed by atoms with Crippen LogP contribution in [0, 0.1) is 0 Å². The molecule has 0 radical (unpaired) electrons. The third kappa shape index (κ3) is 6.87. The Morgan fingerprint density at radius 3 is 2.23 bits per heavy atom. The first-order valence-corrected chi connectivity index (χ1v) is 13.8. The van der Waals surface area contributed by atoms with E-state index < -0.39 is 11.9 Å². The summed E-state index contributed by atoms with van der Waals surface area (Å²) in [6, 6.07) is 22.8. The monoisotopic (exact) mass is 550 g/mol. The molecule has 0 spiro atoms. The maximum atomic E-state index is 11.4. The molecule has 1 amide bonds. The second kappa shape index (κ2) is 12.2. The van der Waals surface area contributed by atoms with E-state index in [0.29, 0.717) is 24.3 Å². The number of anilines is 1. The lowest BCUT2D eigenvalue weighted by atomic mass is 9.84. The van der Waals surface area contributed by atoms with Crippen LogP contribution in [0.1, 0.15) is 60.8 Å². The number of rotatable bonds is 7. The van der Waals surface area contributed by atoms with Gasteiger partial charge in [-0.15, -0.1) is 0 Å². The number of aliphatic hydroxyl groups is 2. The third-order valence-corrected chi connectivity index (χ3v) is 7.90. The van der Waals surface area contributed by atoms with Gasteiger partial charge in [0.05, 0.1) is 24.4 Å². The minimum Gasteiger partial charge on any atom is -0.392 e. The van der Waals surface area contributed by atoms with Gasteiger partial charge in [0.2, 0.25) is 5.91 Å². The summed E-state index contributed by atoms with van der Waals surface area (Å²) in [7, 11) is 0. The second-order valence-corrected chi connectivity index (χ2v) is 10.9. The molecule has 2 fully saturated rings. The fourth-order valence-corrected chi connectivity index (χ4v) is 5.53. The van der Waals surface area contributed by atoms with Crippen molar-refractivity contribution in [1.29, 1.82) is 0 Å². The third-order valence-electron chi connectivity index (χ3n) is 7.64. The molecule has 39 heavy (non-hydrogen) atoms. The van der Waals surface area contributed by atoms with Crippen molar-refractivity contribution < 1.29 is 24.5 Å². The highest BCUT2D eigenvalue weighted by molar-refractivity contribution is 6.30. The predicted octanol–water partition coefficient (Wildman–Crippen LogP) is 5.32. The molecule has 3 aromatic rings. The van der Waals surface area contributed by atoms with Gasteiger partial charge in [-0.25, -0.2) is 0 Å². The number of carbonyl (C=O) groups excluding carboxylic acids is 1. The number of nitrogens with one attached hydrogen (secondary N) is 1. The lowest BCUT2D eigenvalue weighted by Gasteiger charge is -2.42. The zero-order valence-corrected chi connectivity index (χ0v) is 22.8. The van der Waals surface area contributed by atoms with Gasteiger partial charge in [0.1, 0.15) is 0 Å². The Morgan fingerprint density at radius 1 is 0.974 bits per heavy atom. The van der Waals surface area contributed by atoms with Crippen LogP contribution in [0.4, 0.5) is 5.69 Å². The lowest BCUT2D eigenvalue weighted by Crippen LogP contribution is -2.46. The van der Waals surface area contributed by atoms with Gasteiger partial charge in [-0.1, -0.05) is 60.1 Å². The van der Waals surface area contributed by atoms with Crippen LogP contribution in [-0.2, 0) is 26.5 Å². The van der Waals surface area contributed by atoms with Crippen molar-refractivity contribution in [2.45, 2.75) is 56.9 Å². The molecule has 0 aromatic heterocycles. The lowest BCUT2D eigenvalue weighted by molar-refractivity contribution is -0.253. The number of hydrogen-bond donors (Lipinski definition) is 3. The summed E-state index contributed by atoms with van der Waals surface area (Å²) in [5.74, 6) is -0.121. The maximum Gasteiger partial charge on any atom is 0.221 e. The number of piperidine rings is 1. The molecule has 3 unspecified atom stereocenters. The summed E-state index contributed by atoms with van der Waals surface area (Å²) in [4.78, 5) is 13.8. The quantitative estimate of drug-likeness (QED) is 0.369. The van der Waals surface area contributed by atoms with Crippen LogP contribution >= 0.6 is 11.6 Å². The Balaban J connectivity index is 1.29. The summed E-state index contributed by atoms with van der Waals surface area (Å²) in [6.07, 6.45) is 1.15. The number of likely N-dealkylation sites (tertiary alicyclic amines) is 1. The van der Waals surface area contributed by atoms with Gasteiger partial charge in [-0.3, -0.25) is 4.79 Å². The fourth-order valence-electron chi connectivity index (χ4n) is 5.40. The van der Waals surface area contributed by atoms with E-state index >= 15 is 0 Å². The largest absolute Gasteiger partial charge is 0.392 e. The van der Waals surface area contributed by atoms with Crippen molar-refractivity contribution in [3.8, 4) is 0 Å². The standard InChI is InChI=1S/C31H35ClN2O5/c1-21(36)33-27-12-6-24(7-13-27)30-38-28(18-29(39-30)23-4-2-22(20-35)3-5-23)19-34-16-14-31(37,15-17-34)25-8-10-26(32)11-9-25/h2-13,28-30,35,37H,14-20H2,1H3,(H,33,36). The molecule has 206 valence electrons. The van der Waals surface area contributed by atoms with Crippen molar-refractivity contribution in [2.24, 2.45) is 0 Å². The zero-order chi connectivity index (χ0) is 27.4. The number of benzene rings is 3. The van der Waals surface area contributed by atoms with Gasteiger partial charge >= 0.3 is 0 Å². The van der Waals surface area contributed by atoms with E-state index in [2.05, 4.69) is 10.2 Å². The summed E-state index contributed by atoms with van der Waals surface area (Å²) >= 11 is 6.04. The molecule has 8 heteroatoms. The van der Waals surface area contributed by atoms with Gasteiger partial charge in [-0.05, 0) is 53.8 Å². The Morgan fingerprint density at radius 2 is 1.62 bits per heavy atom. The van der Waals surface area contributed by atoms with Crippen LogP contribution in [0.3, 0.4) is 0 Å². The predicted molar refractivity (Wildman–Crippen MR) is 150 cm³/mol. The fraction of sp³-hybridized carbons (Fsp3) is 0.387. The number of aliphatic hydroxyl groups excluding tert-OH is 1. The van der Waals surface area contributed by atoms with Crippen LogP contribution in [0.15, 0.2) is 72.8 Å². The number of halogens is 1. The van der Waals surface area contributed by atoms with Crippen LogP contribution in [0.5, 0.6) is 0 Å². The average Bonchev–Trinajstić information content (AvgIpc) is 2.95. The minimum atomic E-state index is -0.854. The second-order valence-electron chi connectivity index (χ2n) is 10.5. The minimum absolute atomic E-state index is 0.00184. The SMILES string of the molecule is CC(=O)Nc1ccc(C2OC(CN3CCC(O)(c4ccc(Cl)cc4)CC3)CC(c3ccc(CO)cc3)O2)cc1. The molecule has 0 saturated carbocycles. The molecule has 3 atom stereocenters. The van der Waals surface area contributed by atoms with E-state index in [4.69, 9.17) is 21.1 Å². The molecule has 0 bridgehead atoms. The molecule has 5 rings (SSSR count). The maximum absolute atomic E-state index is 11.4. The Labute approximate surface area is 234 Å². The number of nitrogens with zero attached hydrogens (tertiary/aromatic N) is 1. The van der Waals surface area contributed by atoms with Crippen molar-refractivity contribution in [2.75, 3.05) is 25.0 Å². The molecule has 3 aromatic carbocycles. The van der Waals surface area contributed by atoms with Gasteiger partial charge in [0, 0.05) is 49.3 Å². The Bertz CT molecular complexity index is 1240. The first-order chi connectivity index (χ1) is 18.8. The summed E-state index contributed by atoms with van der Waals surface area (Å²) in [5.41, 5.74) is 3.54. The Hall–Kier alpha value is -2.78. The van der Waals surface area contributed by atoms with E-state index in [1.165, 1.54) is 6.92 Å². The van der Waals surface area contributed by atoms with E-state index in [0.717, 1.165) is 47.6 Å². The zero-order valence-electron chi connectivity index (χ0n) is 22.1. The number of hydrogen-bond acceptors (Lipinski definition) is 6. The van der Waals surface area contributed by atoms with Crippen LogP contribution in [-0.4, -0.2) is 46.8 Å². The summed E-state index contributed by atoms with van der Waals surface area (Å²) in [5, 5.41) is 24.2. The van der Waals surface area contributed by atoms with Crippen molar-refractivity contribution in [3.63, 3.8) is 0 Å². The molecule has 2 heterocycles. The number of carbonyl (C=O) groups is 1. The van der Waals surface area contributed by atoms with Gasteiger partial charge in [-0.2, -0.15) is 0 Å². The van der Waals surface area contributed by atoms with E-state index in [1.54, 1.807) is 0 Å². The van der Waals surface area contributed by atoms with Crippen LogP contribution in [0.25, 0.3) is 0 Å². The first kappa shape index (κ1) is 27.8. The number of ether oxygens (including phenoxy) is 2. The van der Waals surface area contributed by atoms with E-state index in [9.17, 15) is 15.0 Å². The van der Waals surface area contributed by atoms with Crippen molar-refractivity contribution in [3.05, 3.63) is 100 Å². The van der Waals surface area contributed by atoms with Crippen LogP contribution < -0.4 is 5.32 Å². The highest BCUT2D eigenvalue weighted by Gasteiger charge is 2.37. The van der Waals surface area contributed by atoms with Crippen molar-refractivity contribution in [1.82, 2.24) is 4.90 Å². The van der Waals surface area contributed by atoms with E-state index in [1.807, 2.05) is 72.8 Å². The topological polar surface area (TPSA) is 91.3 Å². The van der Waals surface area contributed by atoms with E-state index in [-0.39, 0.29) is 24.7 Å². The molecule has 2 aliphatic heterocycles. The normalized spacial score (nSPS) is 23.3. The smallest absolute Gasteiger partial charge is 0.221 e. The Kier molecular flexibility index (Phi) is 8.67. The highest BCUT2D eigenvalue weighted by atomic mass is 35.5. The molecular formula is C31H35ClN2O5. The number of amides is 1. The molecule has 3 N–H and O–H groups in total. The van der Waals surface area contributed by atoms with Gasteiger partial charge in [0.25, 0.3) is 0 Å². The highest BCUT2D eigenvalue weighted by Crippen LogP contribution is 2.39. The van der Waals surface area contributed by atoms with Gasteiger partial charge in [0.15, 0.2) is 6.29 Å². The summed E-state index contributed by atoms with van der Waals surface area (Å²) < 4.78 is 12.9. The summed E-state index contributed by atoms with van der Waals surface area (Å²) in [6.45, 7) is 3.72. The molecule has 7 nitrogen and oxygen atoms in total. The van der Waals surface area contributed by atoms with Crippen molar-refractivity contribution >= 4 is 23.2 Å². The molecule has 2 saturated heterocycles. The first-order valence-electron chi connectivity index (χ1n) is 13.4. The average molecular weight is 551 g/mol. The molecule has 0 aliphatic carbocycles. The molecule has 2 aliphatic rings. The van der Waals surface area contributed by atoms with Crippen LogP contribution in [0.2, 0.25) is 5.02 Å².